The normalized spacial score (nSPS) is 13.0. The molecule has 1 heterocycles. The quantitative estimate of drug-likeness (QED) is 0.432. The van der Waals surface area contributed by atoms with Crippen LogP contribution in [0.25, 0.3) is 11.1 Å². The Hall–Kier alpha value is -4.25. The van der Waals surface area contributed by atoms with E-state index < -0.39 is 24.0 Å². The van der Waals surface area contributed by atoms with Crippen molar-refractivity contribution >= 4 is 23.8 Å². The summed E-state index contributed by atoms with van der Waals surface area (Å²) in [6.45, 7) is 0.184. The number of carboxylic acids is 1. The van der Waals surface area contributed by atoms with E-state index in [9.17, 15) is 19.5 Å². The van der Waals surface area contributed by atoms with E-state index in [1.807, 2.05) is 48.5 Å². The van der Waals surface area contributed by atoms with Crippen molar-refractivity contribution in [3.05, 3.63) is 65.4 Å². The van der Waals surface area contributed by atoms with Gasteiger partial charge >= 0.3 is 12.1 Å². The van der Waals surface area contributed by atoms with Gasteiger partial charge in [0.05, 0.1) is 0 Å². The predicted molar refractivity (Wildman–Crippen MR) is 118 cm³/mol. The van der Waals surface area contributed by atoms with Gasteiger partial charge in [-0.3, -0.25) is 10.1 Å². The van der Waals surface area contributed by atoms with Gasteiger partial charge in [-0.15, -0.1) is 0 Å². The number of hydrogen-bond donors (Lipinski definition) is 3. The van der Waals surface area contributed by atoms with Gasteiger partial charge in [-0.1, -0.05) is 48.5 Å². The van der Waals surface area contributed by atoms with Gasteiger partial charge in [0.2, 0.25) is 11.5 Å². The number of hydrogen-bond acceptors (Lipinski definition) is 8. The van der Waals surface area contributed by atoms with Crippen molar-refractivity contribution in [2.75, 3.05) is 25.6 Å². The van der Waals surface area contributed by atoms with Gasteiger partial charge in [-0.25, -0.2) is 14.2 Å². The van der Waals surface area contributed by atoms with Crippen molar-refractivity contribution in [3.63, 3.8) is 0 Å². The van der Waals surface area contributed by atoms with Gasteiger partial charge in [-0.05, 0) is 32.6 Å². The zero-order valence-corrected chi connectivity index (χ0v) is 18.2. The molecular weight excluding hydrogens is 444 g/mol. The molecule has 176 valence electrons. The smallest absolute Gasteiger partial charge is 0.412 e. The van der Waals surface area contributed by atoms with E-state index >= 15 is 0 Å². The summed E-state index contributed by atoms with van der Waals surface area (Å²) in [7, 11) is 1.42. The monoisotopic (exact) mass is 466 g/mol. The zero-order chi connectivity index (χ0) is 24.1. The molecule has 1 aromatic heterocycles. The fourth-order valence-corrected chi connectivity index (χ4v) is 3.87. The third-order valence-corrected chi connectivity index (χ3v) is 5.48. The van der Waals surface area contributed by atoms with Gasteiger partial charge in [-0.2, -0.15) is 0 Å². The first-order valence-corrected chi connectivity index (χ1v) is 10.5. The number of ether oxygens (including phenoxy) is 2. The van der Waals surface area contributed by atoms with Crippen LogP contribution in [0.3, 0.4) is 0 Å². The van der Waals surface area contributed by atoms with Gasteiger partial charge < -0.3 is 19.9 Å². The summed E-state index contributed by atoms with van der Waals surface area (Å²) in [4.78, 5) is 36.3. The molecule has 0 aliphatic heterocycles. The van der Waals surface area contributed by atoms with E-state index in [2.05, 4.69) is 25.6 Å². The molecule has 3 N–H and O–H groups in total. The van der Waals surface area contributed by atoms with Crippen LogP contribution in [0.5, 0.6) is 0 Å². The molecule has 0 spiro atoms. The third kappa shape index (κ3) is 4.74. The maximum absolute atomic E-state index is 12.5. The molecule has 0 bridgehead atoms. The first-order chi connectivity index (χ1) is 16.5. The Morgan fingerprint density at radius 2 is 1.71 bits per heavy atom. The largest absolute Gasteiger partial charge is 0.480 e. The number of nitrogens with zero attached hydrogens (tertiary/aromatic N) is 2. The van der Waals surface area contributed by atoms with Crippen LogP contribution in [-0.2, 0) is 14.3 Å². The molecule has 0 fully saturated rings. The maximum Gasteiger partial charge on any atom is 0.412 e. The number of fused-ring (bicyclic) bond motifs is 3. The summed E-state index contributed by atoms with van der Waals surface area (Å²) in [5.41, 5.74) is 3.91. The molecule has 4 rings (SSSR count). The molecule has 0 saturated heterocycles. The molecule has 0 saturated carbocycles. The Labute approximate surface area is 194 Å². The van der Waals surface area contributed by atoms with Gasteiger partial charge in [0, 0.05) is 26.1 Å². The number of anilines is 1. The fraction of sp³-hybridized carbons (Fsp3) is 0.261. The molecule has 1 unspecified atom stereocenters. The summed E-state index contributed by atoms with van der Waals surface area (Å²) >= 11 is 0. The van der Waals surface area contributed by atoms with Crippen LogP contribution in [0.4, 0.5) is 10.6 Å². The van der Waals surface area contributed by atoms with Gasteiger partial charge in [0.1, 0.15) is 12.6 Å². The lowest BCUT2D eigenvalue weighted by molar-refractivity contribution is -0.139. The van der Waals surface area contributed by atoms with Crippen LogP contribution in [0.2, 0.25) is 0 Å². The minimum atomic E-state index is -1.24. The average Bonchev–Trinajstić information content (AvgIpc) is 3.42. The number of nitrogens with one attached hydrogen (secondary N) is 2. The number of aromatic nitrogens is 2. The molecule has 3 aromatic rings. The number of carbonyl (C=O) groups is 3. The molecule has 0 radical (unpaired) electrons. The first kappa shape index (κ1) is 22.9. The van der Waals surface area contributed by atoms with Crippen molar-refractivity contribution in [2.24, 2.45) is 0 Å². The van der Waals surface area contributed by atoms with Crippen LogP contribution in [0, 0.1) is 0 Å². The number of benzene rings is 2. The molecule has 34 heavy (non-hydrogen) atoms. The highest BCUT2D eigenvalue weighted by Gasteiger charge is 2.30. The predicted octanol–water partition coefficient (Wildman–Crippen LogP) is 2.65. The summed E-state index contributed by atoms with van der Waals surface area (Å²) < 4.78 is 14.8. The Balaban J connectivity index is 1.40. The van der Waals surface area contributed by atoms with E-state index in [0.29, 0.717) is 0 Å². The summed E-state index contributed by atoms with van der Waals surface area (Å²) in [6.07, 6.45) is -0.821. The number of amides is 2. The summed E-state index contributed by atoms with van der Waals surface area (Å²) in [6, 6.07) is 14.6. The van der Waals surface area contributed by atoms with E-state index in [4.69, 9.17) is 9.47 Å². The van der Waals surface area contributed by atoms with Crippen LogP contribution >= 0.6 is 0 Å². The topological polar surface area (TPSA) is 153 Å². The molecular formula is C23H22N4O7. The van der Waals surface area contributed by atoms with Crippen LogP contribution in [-0.4, -0.2) is 59.8 Å². The Morgan fingerprint density at radius 1 is 1.06 bits per heavy atom. The van der Waals surface area contributed by atoms with Gasteiger partial charge in [0.15, 0.2) is 0 Å². The van der Waals surface area contributed by atoms with E-state index in [-0.39, 0.29) is 37.1 Å². The van der Waals surface area contributed by atoms with Crippen molar-refractivity contribution in [2.45, 2.75) is 18.4 Å². The minimum absolute atomic E-state index is 0.0397. The number of rotatable bonds is 9. The van der Waals surface area contributed by atoms with Gasteiger partial charge in [0.25, 0.3) is 5.91 Å². The van der Waals surface area contributed by atoms with Crippen molar-refractivity contribution in [1.82, 2.24) is 15.6 Å². The zero-order valence-electron chi connectivity index (χ0n) is 18.2. The van der Waals surface area contributed by atoms with Crippen molar-refractivity contribution in [1.29, 1.82) is 0 Å². The number of carbonyl (C=O) groups excluding carboxylic acids is 2. The molecule has 1 aliphatic carbocycles. The van der Waals surface area contributed by atoms with E-state index in [1.54, 1.807) is 0 Å². The highest BCUT2D eigenvalue weighted by atomic mass is 16.6. The number of carboxylic acid groups (broad SMARTS) is 1. The SMILES string of the molecule is COCCC(NC(=O)c1nonc1NC(=O)OCC1c2ccccc2-c2ccccc21)C(=O)O. The molecule has 2 amide bonds. The highest BCUT2D eigenvalue weighted by molar-refractivity contribution is 6.01. The molecule has 2 aromatic carbocycles. The second-order valence-electron chi connectivity index (χ2n) is 7.56. The Morgan fingerprint density at radius 3 is 2.32 bits per heavy atom. The summed E-state index contributed by atoms with van der Waals surface area (Å²) in [5.74, 6) is -2.55. The number of methoxy groups -OCH3 is 1. The second-order valence-corrected chi connectivity index (χ2v) is 7.56. The van der Waals surface area contributed by atoms with Crippen LogP contribution < -0.4 is 10.6 Å². The van der Waals surface area contributed by atoms with E-state index in [1.165, 1.54) is 7.11 Å². The third-order valence-electron chi connectivity index (χ3n) is 5.48. The highest BCUT2D eigenvalue weighted by Crippen LogP contribution is 2.44. The van der Waals surface area contributed by atoms with E-state index in [0.717, 1.165) is 22.3 Å². The summed E-state index contributed by atoms with van der Waals surface area (Å²) in [5, 5.41) is 20.9. The molecule has 1 atom stereocenters. The lowest BCUT2D eigenvalue weighted by atomic mass is 9.98. The van der Waals surface area contributed by atoms with Crippen LogP contribution in [0.1, 0.15) is 34.0 Å². The Kier molecular flexibility index (Phi) is 6.83. The fourth-order valence-electron chi connectivity index (χ4n) is 3.87. The first-order valence-electron chi connectivity index (χ1n) is 10.5. The minimum Gasteiger partial charge on any atom is -0.480 e. The molecule has 1 aliphatic rings. The lowest BCUT2D eigenvalue weighted by Gasteiger charge is -2.14. The standard InChI is InChI=1S/C23H22N4O7/c1-32-11-10-18(22(29)30)24-21(28)19-20(27-34-26-19)25-23(31)33-12-17-15-8-4-2-6-13(15)14-7-3-5-9-16(14)17/h2-9,17-18H,10-12H2,1H3,(H,24,28)(H,29,30)(H,25,27,31). The Bertz CT molecular complexity index is 1160. The van der Waals surface area contributed by atoms with Crippen molar-refractivity contribution < 1.29 is 33.6 Å². The maximum atomic E-state index is 12.5. The van der Waals surface area contributed by atoms with Crippen molar-refractivity contribution in [3.8, 4) is 11.1 Å². The van der Waals surface area contributed by atoms with Crippen LogP contribution in [0.15, 0.2) is 53.2 Å². The number of aliphatic carboxylic acids is 1. The molecule has 11 heteroatoms. The average molecular weight is 466 g/mol. The second kappa shape index (κ2) is 10.1. The lowest BCUT2D eigenvalue weighted by Crippen LogP contribution is -2.41. The molecule has 11 nitrogen and oxygen atoms in total.